The van der Waals surface area contributed by atoms with Crippen molar-refractivity contribution >= 4 is 35.2 Å². The van der Waals surface area contributed by atoms with Gasteiger partial charge < -0.3 is 5.11 Å². The normalized spacial score (nSPS) is 10.2. The van der Waals surface area contributed by atoms with Crippen LogP contribution < -0.4 is 10.9 Å². The van der Waals surface area contributed by atoms with Gasteiger partial charge in [-0.1, -0.05) is 24.6 Å². The molecular weight excluding hydrogens is 348 g/mol. The van der Waals surface area contributed by atoms with E-state index in [1.165, 1.54) is 17.8 Å². The van der Waals surface area contributed by atoms with Gasteiger partial charge in [-0.15, -0.1) is 11.8 Å². The highest BCUT2D eigenvalue weighted by Crippen LogP contribution is 2.20. The molecule has 5 nitrogen and oxygen atoms in total. The maximum absolute atomic E-state index is 12.0. The van der Waals surface area contributed by atoms with Crippen LogP contribution in [0.25, 0.3) is 0 Å². The van der Waals surface area contributed by atoms with Gasteiger partial charge >= 0.3 is 0 Å². The molecule has 0 aliphatic carbocycles. The summed E-state index contributed by atoms with van der Waals surface area (Å²) in [7, 11) is 0. The van der Waals surface area contributed by atoms with E-state index < -0.39 is 5.91 Å². The van der Waals surface area contributed by atoms with Crippen molar-refractivity contribution in [2.75, 3.05) is 5.75 Å². The summed E-state index contributed by atoms with van der Waals surface area (Å²) in [5.41, 5.74) is 5.68. The zero-order valence-corrected chi connectivity index (χ0v) is 14.6. The van der Waals surface area contributed by atoms with Gasteiger partial charge in [0.05, 0.1) is 11.3 Å². The van der Waals surface area contributed by atoms with Gasteiger partial charge in [0.1, 0.15) is 5.75 Å². The number of nitrogens with one attached hydrogen (secondary N) is 2. The lowest BCUT2D eigenvalue weighted by Gasteiger charge is -2.09. The SMILES string of the molecule is CCc1ccc(O)c(C(=O)NNC(=O)CSc2ccc(Cl)cc2)c1. The van der Waals surface area contributed by atoms with Crippen molar-refractivity contribution in [1.29, 1.82) is 0 Å². The van der Waals surface area contributed by atoms with Crippen molar-refractivity contribution < 1.29 is 14.7 Å². The van der Waals surface area contributed by atoms with Crippen LogP contribution in [-0.2, 0) is 11.2 Å². The van der Waals surface area contributed by atoms with Gasteiger partial charge in [0.2, 0.25) is 5.91 Å². The molecule has 126 valence electrons. The van der Waals surface area contributed by atoms with Crippen LogP contribution in [0, 0.1) is 0 Å². The van der Waals surface area contributed by atoms with Crippen molar-refractivity contribution in [1.82, 2.24) is 10.9 Å². The van der Waals surface area contributed by atoms with Crippen LogP contribution in [0.15, 0.2) is 47.4 Å². The molecule has 0 atom stereocenters. The first kappa shape index (κ1) is 18.2. The van der Waals surface area contributed by atoms with Crippen LogP contribution in [0.1, 0.15) is 22.8 Å². The van der Waals surface area contributed by atoms with Crippen LogP contribution in [0.3, 0.4) is 0 Å². The number of phenols is 1. The van der Waals surface area contributed by atoms with E-state index in [-0.39, 0.29) is 23.0 Å². The molecule has 0 aromatic heterocycles. The zero-order valence-electron chi connectivity index (χ0n) is 13.0. The topological polar surface area (TPSA) is 78.4 Å². The molecular formula is C17H17ClN2O3S. The predicted octanol–water partition coefficient (Wildman–Crippen LogP) is 3.16. The molecule has 2 aromatic rings. The number of aromatic hydroxyl groups is 1. The molecule has 0 fully saturated rings. The maximum Gasteiger partial charge on any atom is 0.273 e. The second-order valence-corrected chi connectivity index (χ2v) is 6.44. The Kier molecular flexibility index (Phi) is 6.52. The second-order valence-electron chi connectivity index (χ2n) is 4.95. The molecule has 3 N–H and O–H groups in total. The Balaban J connectivity index is 1.85. The fourth-order valence-electron chi connectivity index (χ4n) is 1.89. The van der Waals surface area contributed by atoms with Gasteiger partial charge in [-0.2, -0.15) is 0 Å². The second kappa shape index (κ2) is 8.61. The highest BCUT2D eigenvalue weighted by atomic mass is 35.5. The van der Waals surface area contributed by atoms with Crippen molar-refractivity contribution in [2.45, 2.75) is 18.2 Å². The largest absolute Gasteiger partial charge is 0.507 e. The Hall–Kier alpha value is -2.18. The van der Waals surface area contributed by atoms with E-state index in [9.17, 15) is 14.7 Å². The third kappa shape index (κ3) is 5.18. The van der Waals surface area contributed by atoms with Gasteiger partial charge in [-0.3, -0.25) is 20.4 Å². The van der Waals surface area contributed by atoms with E-state index >= 15 is 0 Å². The third-order valence-electron chi connectivity index (χ3n) is 3.21. The minimum atomic E-state index is -0.562. The number of thioether (sulfide) groups is 1. The first-order chi connectivity index (χ1) is 11.5. The van der Waals surface area contributed by atoms with Gasteiger partial charge in [0.15, 0.2) is 0 Å². The molecule has 2 amide bonds. The number of hydrogen-bond donors (Lipinski definition) is 3. The third-order valence-corrected chi connectivity index (χ3v) is 4.48. The molecule has 0 saturated heterocycles. The summed E-state index contributed by atoms with van der Waals surface area (Å²) in [6.45, 7) is 1.95. The van der Waals surface area contributed by atoms with Crippen molar-refractivity contribution in [3.05, 3.63) is 58.6 Å². The Morgan fingerprint density at radius 3 is 2.50 bits per heavy atom. The summed E-state index contributed by atoms with van der Waals surface area (Å²) in [5.74, 6) is -0.903. The highest BCUT2D eigenvalue weighted by molar-refractivity contribution is 8.00. The van der Waals surface area contributed by atoms with E-state index in [1.807, 2.05) is 19.1 Å². The summed E-state index contributed by atoms with van der Waals surface area (Å²) >= 11 is 7.12. The molecule has 0 unspecified atom stereocenters. The lowest BCUT2D eigenvalue weighted by molar-refractivity contribution is -0.119. The van der Waals surface area contributed by atoms with Crippen LogP contribution in [0.2, 0.25) is 5.02 Å². The number of carbonyl (C=O) groups excluding carboxylic acids is 2. The summed E-state index contributed by atoms with van der Waals surface area (Å²) < 4.78 is 0. The molecule has 0 aliphatic rings. The summed E-state index contributed by atoms with van der Waals surface area (Å²) in [6.07, 6.45) is 0.741. The van der Waals surface area contributed by atoms with Crippen LogP contribution >= 0.6 is 23.4 Å². The Bertz CT molecular complexity index is 735. The molecule has 2 rings (SSSR count). The molecule has 0 spiro atoms. The minimum absolute atomic E-state index is 0.125. The zero-order chi connectivity index (χ0) is 17.5. The summed E-state index contributed by atoms with van der Waals surface area (Å²) in [5, 5.41) is 10.4. The van der Waals surface area contributed by atoms with E-state index in [4.69, 9.17) is 11.6 Å². The lowest BCUT2D eigenvalue weighted by Crippen LogP contribution is -2.42. The number of phenolic OH excluding ortho intramolecular Hbond substituents is 1. The van der Waals surface area contributed by atoms with E-state index in [1.54, 1.807) is 24.3 Å². The lowest BCUT2D eigenvalue weighted by atomic mass is 10.1. The Labute approximate surface area is 149 Å². The van der Waals surface area contributed by atoms with Crippen molar-refractivity contribution in [2.24, 2.45) is 0 Å². The number of benzene rings is 2. The molecule has 0 saturated carbocycles. The number of hydrogen-bond acceptors (Lipinski definition) is 4. The quantitative estimate of drug-likeness (QED) is 0.562. The molecule has 7 heteroatoms. The smallest absolute Gasteiger partial charge is 0.273 e. The molecule has 2 aromatic carbocycles. The monoisotopic (exact) mass is 364 g/mol. The van der Waals surface area contributed by atoms with Crippen LogP contribution in [0.5, 0.6) is 5.75 Å². The van der Waals surface area contributed by atoms with Crippen molar-refractivity contribution in [3.8, 4) is 5.75 Å². The summed E-state index contributed by atoms with van der Waals surface area (Å²) in [4.78, 5) is 24.7. The molecule has 0 radical (unpaired) electrons. The van der Waals surface area contributed by atoms with Crippen LogP contribution in [-0.4, -0.2) is 22.7 Å². The fourth-order valence-corrected chi connectivity index (χ4v) is 2.72. The highest BCUT2D eigenvalue weighted by Gasteiger charge is 2.12. The van der Waals surface area contributed by atoms with E-state index in [0.29, 0.717) is 5.02 Å². The predicted molar refractivity (Wildman–Crippen MR) is 95.3 cm³/mol. The first-order valence-electron chi connectivity index (χ1n) is 7.29. The fraction of sp³-hybridized carbons (Fsp3) is 0.176. The van der Waals surface area contributed by atoms with Gasteiger partial charge in [0.25, 0.3) is 5.91 Å². The van der Waals surface area contributed by atoms with E-state index in [0.717, 1.165) is 16.9 Å². The average Bonchev–Trinajstić information content (AvgIpc) is 2.59. The number of amides is 2. The Morgan fingerprint density at radius 2 is 1.83 bits per heavy atom. The van der Waals surface area contributed by atoms with Gasteiger partial charge in [0, 0.05) is 9.92 Å². The van der Waals surface area contributed by atoms with E-state index in [2.05, 4.69) is 10.9 Å². The summed E-state index contributed by atoms with van der Waals surface area (Å²) in [6, 6.07) is 11.9. The number of hydrazine groups is 1. The van der Waals surface area contributed by atoms with Crippen LogP contribution in [0.4, 0.5) is 0 Å². The van der Waals surface area contributed by atoms with Gasteiger partial charge in [-0.25, -0.2) is 0 Å². The maximum atomic E-state index is 12.0. The standard InChI is InChI=1S/C17H17ClN2O3S/c1-2-11-3-8-15(21)14(9-11)17(23)20-19-16(22)10-24-13-6-4-12(18)5-7-13/h3-9,21H,2,10H2,1H3,(H,19,22)(H,20,23). The molecule has 24 heavy (non-hydrogen) atoms. The average molecular weight is 365 g/mol. The Morgan fingerprint density at radius 1 is 1.12 bits per heavy atom. The molecule has 0 bridgehead atoms. The number of aryl methyl sites for hydroxylation is 1. The number of rotatable bonds is 5. The molecule has 0 heterocycles. The molecule has 0 aliphatic heterocycles. The number of halogens is 1. The van der Waals surface area contributed by atoms with Gasteiger partial charge in [-0.05, 0) is 48.4 Å². The first-order valence-corrected chi connectivity index (χ1v) is 8.65. The van der Waals surface area contributed by atoms with Crippen molar-refractivity contribution in [3.63, 3.8) is 0 Å². The minimum Gasteiger partial charge on any atom is -0.507 e. The number of carbonyl (C=O) groups is 2.